The smallest absolute Gasteiger partial charge is 0.244 e. The Labute approximate surface area is 221 Å². The summed E-state index contributed by atoms with van der Waals surface area (Å²) in [5, 5.41) is 3.10. The van der Waals surface area contributed by atoms with Crippen LogP contribution in [0.15, 0.2) is 42.5 Å². The Morgan fingerprint density at radius 1 is 1.08 bits per heavy atom. The maximum absolute atomic E-state index is 13.8. The van der Waals surface area contributed by atoms with E-state index >= 15 is 0 Å². The maximum Gasteiger partial charge on any atom is 0.244 e. The van der Waals surface area contributed by atoms with E-state index in [0.717, 1.165) is 52.9 Å². The van der Waals surface area contributed by atoms with E-state index < -0.39 is 28.5 Å². The van der Waals surface area contributed by atoms with Crippen molar-refractivity contribution in [1.29, 1.82) is 0 Å². The van der Waals surface area contributed by atoms with Crippen molar-refractivity contribution < 1.29 is 22.7 Å². The van der Waals surface area contributed by atoms with Crippen molar-refractivity contribution in [3.63, 3.8) is 0 Å². The third kappa shape index (κ3) is 7.71. The number of ether oxygens (including phenoxy) is 1. The number of sulfonamides is 1. The van der Waals surface area contributed by atoms with Crippen molar-refractivity contribution in [2.45, 2.75) is 71.5 Å². The van der Waals surface area contributed by atoms with Crippen molar-refractivity contribution in [2.75, 3.05) is 24.2 Å². The molecule has 2 aromatic rings. The molecule has 1 saturated carbocycles. The number of nitrogens with one attached hydrogen (secondary N) is 1. The van der Waals surface area contributed by atoms with Gasteiger partial charge in [-0.15, -0.1) is 0 Å². The van der Waals surface area contributed by atoms with Crippen LogP contribution in [-0.2, 0) is 26.2 Å². The van der Waals surface area contributed by atoms with Crippen LogP contribution in [0.1, 0.15) is 55.7 Å². The molecule has 0 saturated heterocycles. The number of hydrogen-bond donors (Lipinski definition) is 1. The zero-order valence-corrected chi connectivity index (χ0v) is 23.3. The Morgan fingerprint density at radius 3 is 2.43 bits per heavy atom. The lowest BCUT2D eigenvalue weighted by atomic mass is 9.95. The normalized spacial score (nSPS) is 15.1. The first-order chi connectivity index (χ1) is 17.5. The van der Waals surface area contributed by atoms with Gasteiger partial charge in [0.2, 0.25) is 21.8 Å². The second-order valence-corrected chi connectivity index (χ2v) is 11.9. The summed E-state index contributed by atoms with van der Waals surface area (Å²) >= 11 is 0. The highest BCUT2D eigenvalue weighted by Gasteiger charge is 2.31. The molecule has 0 aliphatic heterocycles. The number of benzene rings is 2. The summed E-state index contributed by atoms with van der Waals surface area (Å²) < 4.78 is 32.1. The number of methoxy groups -OCH3 is 1. The van der Waals surface area contributed by atoms with Crippen molar-refractivity contribution >= 4 is 27.5 Å². The lowest BCUT2D eigenvalue weighted by Gasteiger charge is -2.33. The van der Waals surface area contributed by atoms with Gasteiger partial charge in [0.1, 0.15) is 18.3 Å². The van der Waals surface area contributed by atoms with Crippen molar-refractivity contribution in [3.05, 3.63) is 59.2 Å². The fourth-order valence-electron chi connectivity index (χ4n) is 4.70. The molecule has 0 spiro atoms. The van der Waals surface area contributed by atoms with Gasteiger partial charge in [0.25, 0.3) is 0 Å². The van der Waals surface area contributed by atoms with Gasteiger partial charge in [-0.25, -0.2) is 8.42 Å². The number of hydrogen-bond acceptors (Lipinski definition) is 5. The lowest BCUT2D eigenvalue weighted by Crippen LogP contribution is -2.53. The maximum atomic E-state index is 13.8. The van der Waals surface area contributed by atoms with Gasteiger partial charge < -0.3 is 15.0 Å². The van der Waals surface area contributed by atoms with E-state index in [2.05, 4.69) is 5.32 Å². The largest absolute Gasteiger partial charge is 0.497 e. The third-order valence-corrected chi connectivity index (χ3v) is 8.04. The number of anilines is 1. The molecule has 1 fully saturated rings. The van der Waals surface area contributed by atoms with Crippen LogP contribution in [0, 0.1) is 13.8 Å². The van der Waals surface area contributed by atoms with Crippen LogP contribution < -0.4 is 14.4 Å². The molecule has 1 aliphatic carbocycles. The van der Waals surface area contributed by atoms with E-state index in [1.165, 1.54) is 11.3 Å². The van der Waals surface area contributed by atoms with Gasteiger partial charge in [-0.2, -0.15) is 0 Å². The van der Waals surface area contributed by atoms with Crippen LogP contribution in [0.4, 0.5) is 5.69 Å². The van der Waals surface area contributed by atoms with Gasteiger partial charge in [0.15, 0.2) is 0 Å². The van der Waals surface area contributed by atoms with Crippen LogP contribution in [0.25, 0.3) is 0 Å². The van der Waals surface area contributed by atoms with Crippen LogP contribution in [0.2, 0.25) is 0 Å². The molecule has 0 aromatic heterocycles. The van der Waals surface area contributed by atoms with E-state index in [0.29, 0.717) is 11.4 Å². The molecule has 37 heavy (non-hydrogen) atoms. The predicted molar refractivity (Wildman–Crippen MR) is 146 cm³/mol. The molecule has 0 radical (unpaired) electrons. The van der Waals surface area contributed by atoms with Gasteiger partial charge in [0, 0.05) is 12.6 Å². The van der Waals surface area contributed by atoms with Crippen LogP contribution in [-0.4, -0.2) is 57.1 Å². The Balaban J connectivity index is 1.91. The summed E-state index contributed by atoms with van der Waals surface area (Å²) in [7, 11) is -2.21. The van der Waals surface area contributed by atoms with Crippen LogP contribution in [0.5, 0.6) is 5.75 Å². The topological polar surface area (TPSA) is 96.0 Å². The highest BCUT2D eigenvalue weighted by Crippen LogP contribution is 2.25. The predicted octanol–water partition coefficient (Wildman–Crippen LogP) is 3.94. The fraction of sp³-hybridized carbons (Fsp3) is 0.500. The molecule has 1 aliphatic rings. The molecule has 0 bridgehead atoms. The molecule has 0 heterocycles. The standard InChI is InChI=1S/C28H39N3O5S/c1-20-14-15-21(2)26(16-20)31(37(5,34)35)19-27(32)30(18-23-10-9-13-25(17-23)36-4)22(3)28(33)29-24-11-7-6-8-12-24/h9-10,13-17,22,24H,6-8,11-12,18-19H2,1-5H3,(H,29,33). The number of carbonyl (C=O) groups is 2. The van der Waals surface area contributed by atoms with E-state index in [1.54, 1.807) is 26.2 Å². The Hall–Kier alpha value is -3.07. The number of carbonyl (C=O) groups excluding carboxylic acids is 2. The minimum atomic E-state index is -3.77. The molecule has 3 rings (SSSR count). The highest BCUT2D eigenvalue weighted by molar-refractivity contribution is 7.92. The molecule has 8 nitrogen and oxygen atoms in total. The number of rotatable bonds is 10. The zero-order chi connectivity index (χ0) is 27.2. The molecule has 1 N–H and O–H groups in total. The lowest BCUT2D eigenvalue weighted by molar-refractivity contribution is -0.139. The Bertz CT molecular complexity index is 1210. The minimum Gasteiger partial charge on any atom is -0.497 e. The number of amides is 2. The average molecular weight is 530 g/mol. The SMILES string of the molecule is COc1cccc(CN(C(=O)CN(c2cc(C)ccc2C)S(C)(=O)=O)C(C)C(=O)NC2CCCCC2)c1. The summed E-state index contributed by atoms with van der Waals surface area (Å²) in [6.07, 6.45) is 6.26. The first-order valence-corrected chi connectivity index (χ1v) is 14.6. The molecular weight excluding hydrogens is 490 g/mol. The van der Waals surface area contributed by atoms with E-state index in [4.69, 9.17) is 4.74 Å². The highest BCUT2D eigenvalue weighted by atomic mass is 32.2. The fourth-order valence-corrected chi connectivity index (χ4v) is 5.60. The molecular formula is C28H39N3O5S. The summed E-state index contributed by atoms with van der Waals surface area (Å²) in [5.74, 6) is -0.0569. The molecule has 1 atom stereocenters. The van der Waals surface area contributed by atoms with Gasteiger partial charge in [-0.05, 0) is 68.5 Å². The van der Waals surface area contributed by atoms with Crippen molar-refractivity contribution in [1.82, 2.24) is 10.2 Å². The van der Waals surface area contributed by atoms with Gasteiger partial charge in [0.05, 0.1) is 19.1 Å². The molecule has 202 valence electrons. The quantitative estimate of drug-likeness (QED) is 0.503. The number of aryl methyl sites for hydroxylation is 2. The number of nitrogens with zero attached hydrogens (tertiary/aromatic N) is 2. The molecule has 9 heteroatoms. The average Bonchev–Trinajstić information content (AvgIpc) is 2.87. The van der Waals surface area contributed by atoms with Crippen LogP contribution >= 0.6 is 0 Å². The molecule has 1 unspecified atom stereocenters. The van der Waals surface area contributed by atoms with Crippen molar-refractivity contribution in [2.24, 2.45) is 0 Å². The van der Waals surface area contributed by atoms with Gasteiger partial charge >= 0.3 is 0 Å². The van der Waals surface area contributed by atoms with Gasteiger partial charge in [-0.3, -0.25) is 13.9 Å². The summed E-state index contributed by atoms with van der Waals surface area (Å²) in [6, 6.07) is 12.1. The second kappa shape index (κ2) is 12.4. The summed E-state index contributed by atoms with van der Waals surface area (Å²) in [4.78, 5) is 28.5. The minimum absolute atomic E-state index is 0.0972. The first kappa shape index (κ1) is 28.5. The van der Waals surface area contributed by atoms with E-state index in [-0.39, 0.29) is 18.5 Å². The molecule has 2 aromatic carbocycles. The monoisotopic (exact) mass is 529 g/mol. The Morgan fingerprint density at radius 2 is 1.78 bits per heavy atom. The van der Waals surface area contributed by atoms with E-state index in [9.17, 15) is 18.0 Å². The summed E-state index contributed by atoms with van der Waals surface area (Å²) in [6.45, 7) is 5.11. The van der Waals surface area contributed by atoms with Crippen LogP contribution in [0.3, 0.4) is 0 Å². The van der Waals surface area contributed by atoms with Crippen molar-refractivity contribution in [3.8, 4) is 5.75 Å². The Kier molecular flexibility index (Phi) is 9.59. The molecule has 2 amide bonds. The summed E-state index contributed by atoms with van der Waals surface area (Å²) in [5.41, 5.74) is 2.86. The van der Waals surface area contributed by atoms with Gasteiger partial charge in [-0.1, -0.05) is 43.5 Å². The third-order valence-electron chi connectivity index (χ3n) is 6.92. The second-order valence-electron chi connectivity index (χ2n) is 9.95. The zero-order valence-electron chi connectivity index (χ0n) is 22.5. The van der Waals surface area contributed by atoms with E-state index in [1.807, 2.05) is 44.2 Å². The first-order valence-electron chi connectivity index (χ1n) is 12.8.